The number of nitrogens with zero attached hydrogens (tertiary/aromatic N) is 1. The molecule has 0 aromatic carbocycles. The lowest BCUT2D eigenvalue weighted by molar-refractivity contribution is -0.0784. The van der Waals surface area contributed by atoms with Crippen LogP contribution in [-0.4, -0.2) is 30.0 Å². The zero-order valence-electron chi connectivity index (χ0n) is 7.27. The molecular weight excluding hydrogens is 158 g/mol. The molecular formula is C8H15NO3. The summed E-state index contributed by atoms with van der Waals surface area (Å²) in [4.78, 5) is 10.3. The van der Waals surface area contributed by atoms with Gasteiger partial charge in [-0.1, -0.05) is 12.1 Å². The van der Waals surface area contributed by atoms with Gasteiger partial charge in [0.1, 0.15) is 0 Å². The molecule has 1 fully saturated rings. The van der Waals surface area contributed by atoms with Gasteiger partial charge in [0.2, 0.25) is 0 Å². The maximum atomic E-state index is 10.3. The van der Waals surface area contributed by atoms with Crippen molar-refractivity contribution in [3.8, 4) is 0 Å². The topological polar surface area (TPSA) is 58.9 Å². The number of hydrogen-bond acceptors (Lipinski definition) is 4. The van der Waals surface area contributed by atoms with Crippen molar-refractivity contribution in [2.24, 2.45) is 5.18 Å². The van der Waals surface area contributed by atoms with Crippen LogP contribution in [0.5, 0.6) is 0 Å². The Kier molecular flexibility index (Phi) is 3.62. The Morgan fingerprint density at radius 3 is 2.67 bits per heavy atom. The predicted molar refractivity (Wildman–Crippen MR) is 44.9 cm³/mol. The molecule has 1 aliphatic rings. The van der Waals surface area contributed by atoms with Crippen molar-refractivity contribution >= 4 is 0 Å². The number of ether oxygens (including phenoxy) is 1. The molecule has 0 amide bonds. The van der Waals surface area contributed by atoms with Gasteiger partial charge >= 0.3 is 0 Å². The Hall–Kier alpha value is -0.480. The van der Waals surface area contributed by atoms with E-state index in [9.17, 15) is 4.91 Å². The van der Waals surface area contributed by atoms with Crippen molar-refractivity contribution in [1.82, 2.24) is 0 Å². The first kappa shape index (κ1) is 9.61. The number of rotatable bonds is 3. The first-order chi connectivity index (χ1) is 5.80. The highest BCUT2D eigenvalue weighted by atomic mass is 16.5. The molecule has 0 bridgehead atoms. The minimum atomic E-state index is -0.189. The van der Waals surface area contributed by atoms with E-state index in [0.717, 1.165) is 6.42 Å². The van der Waals surface area contributed by atoms with Gasteiger partial charge in [-0.3, -0.25) is 0 Å². The average molecular weight is 173 g/mol. The largest absolute Gasteiger partial charge is 0.394 e. The third kappa shape index (κ3) is 2.25. The summed E-state index contributed by atoms with van der Waals surface area (Å²) in [6.45, 7) is 1.99. The van der Waals surface area contributed by atoms with Gasteiger partial charge in [0, 0.05) is 6.42 Å². The minimum Gasteiger partial charge on any atom is -0.394 e. The van der Waals surface area contributed by atoms with Gasteiger partial charge in [-0.25, -0.2) is 0 Å². The molecule has 0 saturated carbocycles. The van der Waals surface area contributed by atoms with E-state index >= 15 is 0 Å². The second-order valence-corrected chi connectivity index (χ2v) is 3.20. The first-order valence-electron chi connectivity index (χ1n) is 4.39. The normalized spacial score (nSPS) is 36.3. The molecule has 70 valence electrons. The van der Waals surface area contributed by atoms with E-state index in [-0.39, 0.29) is 24.9 Å². The fourth-order valence-electron chi connectivity index (χ4n) is 1.55. The summed E-state index contributed by atoms with van der Waals surface area (Å²) in [5.74, 6) is 0. The summed E-state index contributed by atoms with van der Waals surface area (Å²) in [6.07, 6.45) is 2.06. The molecule has 1 heterocycles. The summed E-state index contributed by atoms with van der Waals surface area (Å²) in [7, 11) is 0. The van der Waals surface area contributed by atoms with Gasteiger partial charge in [-0.05, 0) is 12.8 Å². The van der Waals surface area contributed by atoms with E-state index in [1.807, 2.05) is 6.92 Å². The summed E-state index contributed by atoms with van der Waals surface area (Å²) < 4.78 is 5.47. The fourth-order valence-corrected chi connectivity index (χ4v) is 1.55. The highest BCUT2D eigenvalue weighted by molar-refractivity contribution is 4.80. The predicted octanol–water partition coefficient (Wildman–Crippen LogP) is 1.07. The zero-order valence-corrected chi connectivity index (χ0v) is 7.27. The highest BCUT2D eigenvalue weighted by Gasteiger charge is 2.28. The van der Waals surface area contributed by atoms with Crippen molar-refractivity contribution in [2.45, 2.75) is 44.4 Å². The third-order valence-corrected chi connectivity index (χ3v) is 2.26. The summed E-state index contributed by atoms with van der Waals surface area (Å²) in [6, 6.07) is -0.166. The van der Waals surface area contributed by atoms with Crippen molar-refractivity contribution in [1.29, 1.82) is 0 Å². The van der Waals surface area contributed by atoms with Crippen LogP contribution in [0.1, 0.15) is 26.2 Å². The van der Waals surface area contributed by atoms with Crippen molar-refractivity contribution in [3.63, 3.8) is 0 Å². The Labute approximate surface area is 71.9 Å². The fraction of sp³-hybridized carbons (Fsp3) is 1.00. The molecule has 0 radical (unpaired) electrons. The van der Waals surface area contributed by atoms with E-state index in [0.29, 0.717) is 12.8 Å². The molecule has 12 heavy (non-hydrogen) atoms. The van der Waals surface area contributed by atoms with E-state index in [1.165, 1.54) is 0 Å². The molecule has 0 aromatic heterocycles. The standard InChI is InChI=1S/C8H15NO3/c1-2-7-3-6(9-11)4-8(5-10)12-7/h6-8,10H,2-5H2,1H3. The molecule has 4 nitrogen and oxygen atoms in total. The molecule has 3 unspecified atom stereocenters. The molecule has 0 aliphatic carbocycles. The van der Waals surface area contributed by atoms with Crippen LogP contribution in [0, 0.1) is 4.91 Å². The lowest BCUT2D eigenvalue weighted by Crippen LogP contribution is -2.36. The van der Waals surface area contributed by atoms with Gasteiger partial charge < -0.3 is 9.84 Å². The number of hydrogen-bond donors (Lipinski definition) is 1. The number of aliphatic hydroxyl groups excluding tert-OH is 1. The summed E-state index contributed by atoms with van der Waals surface area (Å²) >= 11 is 0. The molecule has 1 N–H and O–H groups in total. The van der Waals surface area contributed by atoms with E-state index < -0.39 is 0 Å². The van der Waals surface area contributed by atoms with Gasteiger partial charge in [0.15, 0.2) is 0 Å². The van der Waals surface area contributed by atoms with Crippen LogP contribution in [0.25, 0.3) is 0 Å². The molecule has 1 aliphatic heterocycles. The van der Waals surface area contributed by atoms with E-state index in [2.05, 4.69) is 5.18 Å². The molecule has 1 rings (SSSR count). The Balaban J connectivity index is 2.46. The van der Waals surface area contributed by atoms with Gasteiger partial charge in [-0.15, -0.1) is 0 Å². The first-order valence-corrected chi connectivity index (χ1v) is 4.39. The Morgan fingerprint density at radius 1 is 1.50 bits per heavy atom. The van der Waals surface area contributed by atoms with Crippen LogP contribution in [0.15, 0.2) is 5.18 Å². The van der Waals surface area contributed by atoms with Crippen molar-refractivity contribution in [2.75, 3.05) is 6.61 Å². The Bertz CT molecular complexity index is 139. The van der Waals surface area contributed by atoms with Crippen LogP contribution < -0.4 is 0 Å². The average Bonchev–Trinajstić information content (AvgIpc) is 2.16. The quantitative estimate of drug-likeness (QED) is 0.649. The lowest BCUT2D eigenvalue weighted by atomic mass is 9.98. The minimum absolute atomic E-state index is 0.0114. The Morgan fingerprint density at radius 2 is 2.17 bits per heavy atom. The molecule has 3 atom stereocenters. The maximum absolute atomic E-state index is 10.3. The molecule has 0 spiro atoms. The SMILES string of the molecule is CCC1CC(N=O)CC(CO)O1. The monoisotopic (exact) mass is 173 g/mol. The van der Waals surface area contributed by atoms with Crippen LogP contribution in [0.3, 0.4) is 0 Å². The number of aliphatic hydroxyl groups is 1. The third-order valence-electron chi connectivity index (χ3n) is 2.26. The molecule has 1 saturated heterocycles. The zero-order chi connectivity index (χ0) is 8.97. The lowest BCUT2D eigenvalue weighted by Gasteiger charge is -2.30. The van der Waals surface area contributed by atoms with Crippen molar-refractivity contribution < 1.29 is 9.84 Å². The second-order valence-electron chi connectivity index (χ2n) is 3.20. The van der Waals surface area contributed by atoms with E-state index in [1.54, 1.807) is 0 Å². The summed E-state index contributed by atoms with van der Waals surface area (Å²) in [5.41, 5.74) is 0. The van der Waals surface area contributed by atoms with Crippen molar-refractivity contribution in [3.05, 3.63) is 4.91 Å². The van der Waals surface area contributed by atoms with Crippen LogP contribution >= 0.6 is 0 Å². The maximum Gasteiger partial charge on any atom is 0.0969 e. The van der Waals surface area contributed by atoms with Crippen LogP contribution in [0.2, 0.25) is 0 Å². The number of nitroso groups, excluding NO2 is 1. The van der Waals surface area contributed by atoms with Crippen LogP contribution in [0.4, 0.5) is 0 Å². The smallest absolute Gasteiger partial charge is 0.0969 e. The second kappa shape index (κ2) is 4.52. The molecule has 0 aromatic rings. The van der Waals surface area contributed by atoms with Gasteiger partial charge in [0.25, 0.3) is 0 Å². The van der Waals surface area contributed by atoms with Gasteiger partial charge in [0.05, 0.1) is 24.9 Å². The summed E-state index contributed by atoms with van der Waals surface area (Å²) in [5, 5.41) is 11.9. The van der Waals surface area contributed by atoms with E-state index in [4.69, 9.17) is 9.84 Å². The molecule has 4 heteroatoms. The van der Waals surface area contributed by atoms with Crippen LogP contribution in [-0.2, 0) is 4.74 Å². The van der Waals surface area contributed by atoms with Gasteiger partial charge in [-0.2, -0.15) is 4.91 Å². The highest BCUT2D eigenvalue weighted by Crippen LogP contribution is 2.23.